The molecule has 2 aliphatic heterocycles. The van der Waals surface area contributed by atoms with Crippen molar-refractivity contribution in [2.45, 2.75) is 47.0 Å². The van der Waals surface area contributed by atoms with Crippen molar-refractivity contribution in [3.8, 4) is 67.4 Å². The number of aromatic nitrogens is 6. The van der Waals surface area contributed by atoms with E-state index in [-0.39, 0.29) is 0 Å². The van der Waals surface area contributed by atoms with E-state index in [0.717, 1.165) is 148 Å². The lowest BCUT2D eigenvalue weighted by Gasteiger charge is -2.09. The molecule has 0 atom stereocenters. The number of hydrogen-bond acceptors (Lipinski definition) is 6. The fourth-order valence-corrected chi connectivity index (χ4v) is 10.3. The molecular weight excluding hydrogens is 969 g/mol. The molecule has 2 aliphatic rings. The van der Waals surface area contributed by atoms with Gasteiger partial charge in [-0.15, -0.1) is 0 Å². The lowest BCUT2D eigenvalue weighted by molar-refractivity contribution is 0.279. The summed E-state index contributed by atoms with van der Waals surface area (Å²) in [6, 6.07) is 59.6. The Bertz CT molecular complexity index is 4070. The molecule has 12 rings (SSSR count). The topological polar surface area (TPSA) is 102 Å². The van der Waals surface area contributed by atoms with Crippen molar-refractivity contribution in [1.29, 1.82) is 0 Å². The number of hydrogen-bond donors (Lipinski definition) is 2. The van der Waals surface area contributed by atoms with Crippen LogP contribution in [0.3, 0.4) is 0 Å². The summed E-state index contributed by atoms with van der Waals surface area (Å²) in [5.74, 6) is 1.69. The van der Waals surface area contributed by atoms with Gasteiger partial charge in [-0.2, -0.15) is 0 Å². The number of nitrogens with zero attached hydrogens (tertiary/aromatic N) is 4. The molecule has 5 aromatic carbocycles. The third-order valence-corrected chi connectivity index (χ3v) is 14.6. The first-order chi connectivity index (χ1) is 38.7. The maximum Gasteiger partial charge on any atom is 0.119 e. The van der Waals surface area contributed by atoms with Crippen LogP contribution in [0.2, 0.25) is 0 Å². The number of pyridine rings is 2. The summed E-state index contributed by atoms with van der Waals surface area (Å²) in [5, 5.41) is 0. The highest BCUT2D eigenvalue weighted by Gasteiger charge is 2.19. The highest BCUT2D eigenvalue weighted by molar-refractivity contribution is 6.00. The summed E-state index contributed by atoms with van der Waals surface area (Å²) < 4.78 is 12.5. The molecule has 0 spiro atoms. The zero-order valence-corrected chi connectivity index (χ0v) is 44.9. The van der Waals surface area contributed by atoms with Gasteiger partial charge < -0.3 is 19.4 Å². The molecule has 7 heterocycles. The second-order valence-electron chi connectivity index (χ2n) is 20.5. The monoisotopic (exact) mass is 1030 g/mol. The third-order valence-electron chi connectivity index (χ3n) is 14.6. The van der Waals surface area contributed by atoms with Crippen LogP contribution in [0.25, 0.3) is 114 Å². The molecule has 2 N–H and O–H groups in total. The van der Waals surface area contributed by atoms with E-state index in [2.05, 4.69) is 230 Å². The molecule has 5 aromatic heterocycles. The van der Waals surface area contributed by atoms with Crippen LogP contribution in [-0.4, -0.2) is 43.1 Å². The van der Waals surface area contributed by atoms with E-state index in [1.165, 1.54) is 16.7 Å². The van der Waals surface area contributed by atoms with E-state index in [9.17, 15) is 0 Å². The van der Waals surface area contributed by atoms with Crippen molar-refractivity contribution in [1.82, 2.24) is 29.9 Å². The van der Waals surface area contributed by atoms with Crippen molar-refractivity contribution < 1.29 is 9.47 Å². The van der Waals surface area contributed by atoms with E-state index in [1.807, 2.05) is 36.7 Å². The molecule has 79 heavy (non-hydrogen) atoms. The maximum atomic E-state index is 6.34. The summed E-state index contributed by atoms with van der Waals surface area (Å²) in [6.45, 7) is 9.69. The quantitative estimate of drug-likeness (QED) is 0.0992. The normalized spacial score (nSPS) is 11.9. The van der Waals surface area contributed by atoms with E-state index >= 15 is 0 Å². The van der Waals surface area contributed by atoms with Gasteiger partial charge in [-0.25, -0.2) is 9.97 Å². The minimum absolute atomic E-state index is 0.614. The molecule has 8 bridgehead atoms. The van der Waals surface area contributed by atoms with Crippen LogP contribution in [0.1, 0.15) is 75.4 Å². The van der Waals surface area contributed by atoms with Gasteiger partial charge in [-0.1, -0.05) is 126 Å². The van der Waals surface area contributed by atoms with Crippen molar-refractivity contribution in [2.24, 2.45) is 0 Å². The van der Waals surface area contributed by atoms with Crippen molar-refractivity contribution in [2.75, 3.05) is 13.2 Å². The predicted octanol–water partition coefficient (Wildman–Crippen LogP) is 17.8. The number of H-pyrrole nitrogens is 2. The molecule has 0 amide bonds. The number of benzene rings is 5. The van der Waals surface area contributed by atoms with Crippen LogP contribution in [0.15, 0.2) is 182 Å². The molecule has 0 fully saturated rings. The van der Waals surface area contributed by atoms with Gasteiger partial charge in [0.2, 0.25) is 0 Å². The largest absolute Gasteiger partial charge is 0.494 e. The first-order valence-corrected chi connectivity index (χ1v) is 27.2. The van der Waals surface area contributed by atoms with Crippen LogP contribution in [0, 0.1) is 27.7 Å². The first-order valence-electron chi connectivity index (χ1n) is 27.2. The Hall–Kier alpha value is -9.66. The van der Waals surface area contributed by atoms with Crippen LogP contribution in [0.5, 0.6) is 11.5 Å². The van der Waals surface area contributed by atoms with E-state index in [0.29, 0.717) is 13.2 Å². The second-order valence-corrected chi connectivity index (χ2v) is 20.5. The predicted molar refractivity (Wildman–Crippen MR) is 327 cm³/mol. The Morgan fingerprint density at radius 3 is 1.14 bits per heavy atom. The van der Waals surface area contributed by atoms with Gasteiger partial charge in [-0.05, 0) is 183 Å². The number of rotatable bonds is 15. The second kappa shape index (κ2) is 22.5. The Morgan fingerprint density at radius 1 is 0.354 bits per heavy atom. The molecule has 10 aromatic rings. The molecule has 0 saturated heterocycles. The van der Waals surface area contributed by atoms with Gasteiger partial charge in [0.1, 0.15) is 11.5 Å². The van der Waals surface area contributed by atoms with Gasteiger partial charge in [0, 0.05) is 56.7 Å². The fourth-order valence-electron chi connectivity index (χ4n) is 10.3. The van der Waals surface area contributed by atoms with Gasteiger partial charge in [0.05, 0.1) is 47.4 Å². The van der Waals surface area contributed by atoms with E-state index in [4.69, 9.17) is 19.4 Å². The fraction of sp³-hybridized carbons (Fsp3) is 0.127. The number of nitrogens with one attached hydrogen (secondary N) is 2. The summed E-state index contributed by atoms with van der Waals surface area (Å²) in [5.41, 5.74) is 24.4. The Balaban J connectivity index is 0.798. The molecule has 0 saturated carbocycles. The zero-order chi connectivity index (χ0) is 53.7. The first kappa shape index (κ1) is 50.2. The molecule has 0 unspecified atom stereocenters. The lowest BCUT2D eigenvalue weighted by atomic mass is 10.0. The van der Waals surface area contributed by atoms with Crippen molar-refractivity contribution in [3.05, 3.63) is 238 Å². The summed E-state index contributed by atoms with van der Waals surface area (Å²) in [7, 11) is 0. The number of ether oxygens (including phenoxy) is 2. The number of fused-ring (bicyclic) bond motifs is 8. The molecule has 8 heteroatoms. The summed E-state index contributed by atoms with van der Waals surface area (Å²) in [6.07, 6.45) is 19.3. The average Bonchev–Trinajstić information content (AvgIpc) is 4.48. The molecule has 386 valence electrons. The minimum Gasteiger partial charge on any atom is -0.494 e. The highest BCUT2D eigenvalue weighted by Crippen LogP contribution is 2.39. The average molecular weight is 1030 g/mol. The SMILES string of the molecule is Cc1ccc(-c2c3nc(c(-c4ccc(C)cc4)c4ccc([nH]4)c(-c4ccc(OCCCCCOc5ccc(/C=C/c6ccnc(-c7cc(C)ccn7)c6)cc5)cc4)c4nc(c(-c5ccc(C)cc5)c5ccc2[nH]5)C=C4)C=C3)cc1. The van der Waals surface area contributed by atoms with E-state index < -0.39 is 0 Å². The van der Waals surface area contributed by atoms with Gasteiger partial charge in [0.15, 0.2) is 0 Å². The Kier molecular flexibility index (Phi) is 14.3. The standard InChI is InChI=1S/C71H60N6O2/c1-46-8-18-52(19-9-46)68-58-30-32-60(74-58)69(53-20-10-47(2)11-21-53)62-34-36-64(76-62)71(65-37-35-63(77-65)70(61-33-31-59(68)75-61)54-22-12-48(3)13-23-54)55-24-28-57(29-25-55)79-43-7-5-6-42-78-56-26-16-50(17-27-56)14-15-51-39-41-73-67(45-51)66-44-49(4)38-40-72-66/h8-41,44-45,74,77H,5-7,42-43H2,1-4H3/b15-14+,68-58?,68-59?,69-60?,69-62?,70-61?,70-63?,71-64?,71-65?. The number of unbranched alkanes of at least 4 members (excludes halogenated alkanes) is 2. The van der Waals surface area contributed by atoms with Crippen LogP contribution in [-0.2, 0) is 0 Å². The Morgan fingerprint density at radius 2 is 0.722 bits per heavy atom. The maximum absolute atomic E-state index is 6.34. The highest BCUT2D eigenvalue weighted by atomic mass is 16.5. The van der Waals surface area contributed by atoms with Crippen molar-refractivity contribution >= 4 is 58.5 Å². The zero-order valence-electron chi connectivity index (χ0n) is 44.9. The smallest absolute Gasteiger partial charge is 0.119 e. The number of aryl methyl sites for hydroxylation is 4. The summed E-state index contributed by atoms with van der Waals surface area (Å²) >= 11 is 0. The van der Waals surface area contributed by atoms with Crippen LogP contribution >= 0.6 is 0 Å². The van der Waals surface area contributed by atoms with Crippen LogP contribution in [0.4, 0.5) is 0 Å². The molecule has 8 nitrogen and oxygen atoms in total. The van der Waals surface area contributed by atoms with Crippen LogP contribution < -0.4 is 9.47 Å². The molecular formula is C71H60N6O2. The summed E-state index contributed by atoms with van der Waals surface area (Å²) in [4.78, 5) is 27.7. The van der Waals surface area contributed by atoms with Gasteiger partial charge >= 0.3 is 0 Å². The van der Waals surface area contributed by atoms with Gasteiger partial charge in [0.25, 0.3) is 0 Å². The molecule has 0 aliphatic carbocycles. The number of aromatic amines is 2. The molecule has 0 radical (unpaired) electrons. The lowest BCUT2D eigenvalue weighted by Crippen LogP contribution is -2.01. The van der Waals surface area contributed by atoms with Gasteiger partial charge in [-0.3, -0.25) is 9.97 Å². The minimum atomic E-state index is 0.614. The Labute approximate surface area is 461 Å². The third kappa shape index (κ3) is 11.3. The van der Waals surface area contributed by atoms with Crippen molar-refractivity contribution in [3.63, 3.8) is 0 Å². The van der Waals surface area contributed by atoms with E-state index in [1.54, 1.807) is 0 Å².